The number of halogens is 1. The molecule has 2 aromatic carbocycles. The van der Waals surface area contributed by atoms with E-state index >= 15 is 0 Å². The molecule has 0 spiro atoms. The van der Waals surface area contributed by atoms with Crippen molar-refractivity contribution < 1.29 is 4.79 Å². The van der Waals surface area contributed by atoms with Gasteiger partial charge >= 0.3 is 0 Å². The summed E-state index contributed by atoms with van der Waals surface area (Å²) in [6.45, 7) is 8.80. The number of aryl methyl sites for hydroxylation is 3. The summed E-state index contributed by atoms with van der Waals surface area (Å²) in [4.78, 5) is 19.7. The van der Waals surface area contributed by atoms with Gasteiger partial charge in [-0.15, -0.1) is 0 Å². The van der Waals surface area contributed by atoms with Crippen LogP contribution >= 0.6 is 23.8 Å². The molecule has 1 amide bonds. The van der Waals surface area contributed by atoms with E-state index in [0.717, 1.165) is 45.1 Å². The lowest BCUT2D eigenvalue weighted by Gasteiger charge is -2.28. The van der Waals surface area contributed by atoms with Gasteiger partial charge in [0.1, 0.15) is 0 Å². The van der Waals surface area contributed by atoms with E-state index in [1.165, 1.54) is 0 Å². The highest BCUT2D eigenvalue weighted by atomic mass is 35.5. The van der Waals surface area contributed by atoms with Crippen molar-refractivity contribution in [3.05, 3.63) is 112 Å². The molecule has 8 heteroatoms. The van der Waals surface area contributed by atoms with Crippen LogP contribution in [-0.4, -0.2) is 32.0 Å². The van der Waals surface area contributed by atoms with Gasteiger partial charge in [0.2, 0.25) is 5.91 Å². The number of hydrogen-bond acceptors (Lipinski definition) is 3. The summed E-state index contributed by atoms with van der Waals surface area (Å²) in [5, 5.41) is 7.83. The Bertz CT molecular complexity index is 1530. The summed E-state index contributed by atoms with van der Waals surface area (Å²) >= 11 is 12.2. The number of nitrogens with one attached hydrogen (secondary N) is 2. The third-order valence-corrected chi connectivity index (χ3v) is 7.87. The van der Waals surface area contributed by atoms with Gasteiger partial charge in [-0.2, -0.15) is 0 Å². The van der Waals surface area contributed by atoms with Gasteiger partial charge in [0, 0.05) is 46.9 Å². The molecule has 5 rings (SSSR count). The van der Waals surface area contributed by atoms with E-state index in [1.807, 2.05) is 67.6 Å². The summed E-state index contributed by atoms with van der Waals surface area (Å²) in [6, 6.07) is 21.6. The second kappa shape index (κ2) is 11.2. The number of amides is 1. The molecule has 200 valence electrons. The molecule has 3 heterocycles. The molecule has 0 radical (unpaired) electrons. The third kappa shape index (κ3) is 5.56. The monoisotopic (exact) mass is 557 g/mol. The smallest absolute Gasteiger partial charge is 0.226 e. The van der Waals surface area contributed by atoms with Crippen LogP contribution in [0.25, 0.3) is 5.69 Å². The van der Waals surface area contributed by atoms with Gasteiger partial charge in [0.15, 0.2) is 5.11 Å². The molecule has 0 aliphatic carbocycles. The quantitative estimate of drug-likeness (QED) is 0.246. The maximum absolute atomic E-state index is 12.9. The fraction of sp³-hybridized carbons (Fsp3) is 0.258. The number of nitrogens with zero attached hydrogens (tertiary/aromatic N) is 3. The van der Waals surface area contributed by atoms with Crippen LogP contribution in [0.4, 0.5) is 5.69 Å². The van der Waals surface area contributed by atoms with E-state index in [-0.39, 0.29) is 18.0 Å². The molecule has 2 N–H and O–H groups in total. The number of aromatic nitrogens is 2. The van der Waals surface area contributed by atoms with Crippen LogP contribution in [0.3, 0.4) is 0 Å². The average Bonchev–Trinajstić information content (AvgIpc) is 3.39. The minimum absolute atomic E-state index is 0.0524. The fourth-order valence-electron chi connectivity index (χ4n) is 5.43. The van der Waals surface area contributed by atoms with Gasteiger partial charge < -0.3 is 20.1 Å². The van der Waals surface area contributed by atoms with Crippen LogP contribution in [-0.2, 0) is 4.79 Å². The first-order valence-electron chi connectivity index (χ1n) is 13.0. The highest BCUT2D eigenvalue weighted by Crippen LogP contribution is 2.41. The molecule has 1 fully saturated rings. The van der Waals surface area contributed by atoms with E-state index in [9.17, 15) is 4.79 Å². The van der Waals surface area contributed by atoms with Crippen LogP contribution in [0.15, 0.2) is 72.9 Å². The van der Waals surface area contributed by atoms with Gasteiger partial charge in [-0.3, -0.25) is 9.78 Å². The van der Waals surface area contributed by atoms with E-state index < -0.39 is 0 Å². The second-order valence-corrected chi connectivity index (χ2v) is 10.9. The number of rotatable bonds is 7. The van der Waals surface area contributed by atoms with Crippen LogP contribution in [0.5, 0.6) is 0 Å². The predicted octanol–water partition coefficient (Wildman–Crippen LogP) is 6.76. The number of thiocarbonyl (C=S) groups is 1. The number of carbonyl (C=O) groups excluding carboxylic acids is 1. The van der Waals surface area contributed by atoms with Crippen LogP contribution in [0, 0.1) is 27.7 Å². The molecule has 39 heavy (non-hydrogen) atoms. The first-order valence-corrected chi connectivity index (χ1v) is 13.8. The van der Waals surface area contributed by atoms with Crippen molar-refractivity contribution in [3.63, 3.8) is 0 Å². The summed E-state index contributed by atoms with van der Waals surface area (Å²) in [5.74, 6) is -0.0524. The maximum Gasteiger partial charge on any atom is 0.226 e. The zero-order chi connectivity index (χ0) is 27.7. The maximum atomic E-state index is 12.9. The Hall–Kier alpha value is -3.68. The third-order valence-electron chi connectivity index (χ3n) is 7.28. The minimum atomic E-state index is -0.159. The SMILES string of the molecule is Cc1cccc(NC(=O)CCN2C(=S)N[C@H](c3ccccn3)[C@H]2c2cc(C)n(-c3cc(Cl)ccc3C)c2C)c1. The standard InChI is InChI=1S/C31H32ClN5OS/c1-19-8-7-9-24(16-19)34-28(38)13-15-36-30(29(35-31(36)39)26-10-5-6-14-33-26)25-17-21(3)37(22(25)4)27-18-23(32)12-11-20(27)2/h5-12,14,16-18,29-30H,13,15H2,1-4H3,(H,34,38)(H,35,39)/t29-,30-/m1/s1. The Morgan fingerprint density at radius 1 is 1.05 bits per heavy atom. The van der Waals surface area contributed by atoms with Crippen molar-refractivity contribution in [2.75, 3.05) is 11.9 Å². The Balaban J connectivity index is 1.49. The molecule has 0 saturated carbocycles. The van der Waals surface area contributed by atoms with Gasteiger partial charge in [-0.1, -0.05) is 35.9 Å². The van der Waals surface area contributed by atoms with Crippen molar-refractivity contribution in [2.45, 2.75) is 46.2 Å². The van der Waals surface area contributed by atoms with Crippen molar-refractivity contribution in [2.24, 2.45) is 0 Å². The normalized spacial score (nSPS) is 16.8. The number of anilines is 1. The summed E-state index contributed by atoms with van der Waals surface area (Å²) < 4.78 is 2.25. The largest absolute Gasteiger partial charge is 0.352 e. The first-order chi connectivity index (χ1) is 18.7. The van der Waals surface area contributed by atoms with E-state index in [0.29, 0.717) is 23.1 Å². The lowest BCUT2D eigenvalue weighted by Crippen LogP contribution is -2.32. The molecule has 0 bridgehead atoms. The fourth-order valence-corrected chi connectivity index (χ4v) is 5.93. The van der Waals surface area contributed by atoms with Crippen molar-refractivity contribution >= 4 is 40.5 Å². The molecule has 1 aliphatic heterocycles. The van der Waals surface area contributed by atoms with Crippen molar-refractivity contribution in [3.8, 4) is 5.69 Å². The van der Waals surface area contributed by atoms with Crippen LogP contribution < -0.4 is 10.6 Å². The highest BCUT2D eigenvalue weighted by Gasteiger charge is 2.41. The van der Waals surface area contributed by atoms with Gasteiger partial charge in [0.05, 0.1) is 17.8 Å². The number of pyridine rings is 1. The van der Waals surface area contributed by atoms with E-state index in [1.54, 1.807) is 6.20 Å². The van der Waals surface area contributed by atoms with Crippen molar-refractivity contribution in [1.82, 2.24) is 19.8 Å². The number of hydrogen-bond donors (Lipinski definition) is 2. The van der Waals surface area contributed by atoms with E-state index in [2.05, 4.69) is 51.9 Å². The lowest BCUT2D eigenvalue weighted by molar-refractivity contribution is -0.116. The van der Waals surface area contributed by atoms with Gasteiger partial charge in [0.25, 0.3) is 0 Å². The highest BCUT2D eigenvalue weighted by molar-refractivity contribution is 7.80. The summed E-state index contributed by atoms with van der Waals surface area (Å²) in [5.41, 5.74) is 8.32. The van der Waals surface area contributed by atoms with Gasteiger partial charge in [-0.25, -0.2) is 0 Å². The molecular weight excluding hydrogens is 526 g/mol. The summed E-state index contributed by atoms with van der Waals surface area (Å²) in [7, 11) is 0. The molecule has 4 aromatic rings. The molecule has 1 aliphatic rings. The predicted molar refractivity (Wildman–Crippen MR) is 162 cm³/mol. The molecule has 0 unspecified atom stereocenters. The van der Waals surface area contributed by atoms with Gasteiger partial charge in [-0.05, 0) is 99.1 Å². The zero-order valence-corrected chi connectivity index (χ0v) is 24.1. The number of carbonyl (C=O) groups is 1. The molecular formula is C31H32ClN5OS. The second-order valence-electron chi connectivity index (χ2n) is 10.1. The Morgan fingerprint density at radius 3 is 2.62 bits per heavy atom. The molecule has 6 nitrogen and oxygen atoms in total. The molecule has 2 aromatic heterocycles. The molecule has 1 saturated heterocycles. The lowest BCUT2D eigenvalue weighted by atomic mass is 9.96. The van der Waals surface area contributed by atoms with Crippen molar-refractivity contribution in [1.29, 1.82) is 0 Å². The summed E-state index contributed by atoms with van der Waals surface area (Å²) in [6.07, 6.45) is 2.10. The Kier molecular flexibility index (Phi) is 7.73. The van der Waals surface area contributed by atoms with Crippen LogP contribution in [0.2, 0.25) is 5.02 Å². The minimum Gasteiger partial charge on any atom is -0.352 e. The number of benzene rings is 2. The first kappa shape index (κ1) is 26.9. The Morgan fingerprint density at radius 2 is 1.87 bits per heavy atom. The van der Waals surface area contributed by atoms with E-state index in [4.69, 9.17) is 23.8 Å². The molecule has 2 atom stereocenters. The topological polar surface area (TPSA) is 62.2 Å². The van der Waals surface area contributed by atoms with Crippen LogP contribution in [0.1, 0.15) is 52.3 Å². The average molecular weight is 558 g/mol. The zero-order valence-electron chi connectivity index (χ0n) is 22.5. The Labute approximate surface area is 240 Å².